The summed E-state index contributed by atoms with van der Waals surface area (Å²) >= 11 is 0. The molecule has 5 aromatic rings. The molecule has 0 N–H and O–H groups in total. The van der Waals surface area contributed by atoms with Crippen LogP contribution in [0.3, 0.4) is 0 Å². The molecule has 0 spiro atoms. The van der Waals surface area contributed by atoms with Crippen LogP contribution in [0.25, 0.3) is 27.7 Å². The molecule has 0 fully saturated rings. The van der Waals surface area contributed by atoms with E-state index >= 15 is 0 Å². The summed E-state index contributed by atoms with van der Waals surface area (Å²) in [6.45, 7) is 2.44. The molecule has 154 valence electrons. The van der Waals surface area contributed by atoms with Crippen molar-refractivity contribution in [1.82, 2.24) is 4.57 Å². The molecule has 0 bridgehead atoms. The summed E-state index contributed by atoms with van der Waals surface area (Å²) in [5.41, 5.74) is 6.74. The SMILES string of the molecule is CC#Cc1cn(-c2cc[c-]cc2)c2ccc(-c3ccc(OCc4ccccc4)cc3)cc12.[K+]. The van der Waals surface area contributed by atoms with Crippen LogP contribution < -0.4 is 56.1 Å². The summed E-state index contributed by atoms with van der Waals surface area (Å²) in [7, 11) is 0. The fourth-order valence-electron chi connectivity index (χ4n) is 3.88. The molecular weight excluding hydrogens is 429 g/mol. The maximum Gasteiger partial charge on any atom is 1.00 e. The maximum absolute atomic E-state index is 5.93. The van der Waals surface area contributed by atoms with E-state index in [1.807, 2.05) is 49.4 Å². The van der Waals surface area contributed by atoms with Crippen molar-refractivity contribution in [1.29, 1.82) is 0 Å². The third-order valence-electron chi connectivity index (χ3n) is 5.48. The first-order valence-corrected chi connectivity index (χ1v) is 10.6. The predicted octanol–water partition coefficient (Wildman–Crippen LogP) is 4.05. The molecule has 4 aromatic carbocycles. The summed E-state index contributed by atoms with van der Waals surface area (Å²) in [4.78, 5) is 0. The van der Waals surface area contributed by atoms with Crippen molar-refractivity contribution in [2.24, 2.45) is 0 Å². The van der Waals surface area contributed by atoms with Crippen molar-refractivity contribution in [3.8, 4) is 34.4 Å². The zero-order valence-electron chi connectivity index (χ0n) is 18.9. The normalized spacial score (nSPS) is 10.2. The van der Waals surface area contributed by atoms with Crippen LogP contribution in [0.15, 0.2) is 103 Å². The Morgan fingerprint density at radius 2 is 1.58 bits per heavy atom. The number of rotatable bonds is 5. The Hall–Kier alpha value is -2.58. The fraction of sp³-hybridized carbons (Fsp3) is 0.0667. The Labute approximate surface area is 237 Å². The molecule has 0 aliphatic heterocycles. The fourth-order valence-corrected chi connectivity index (χ4v) is 3.88. The molecule has 1 aromatic heterocycles. The average molecular weight is 452 g/mol. The van der Waals surface area contributed by atoms with E-state index in [9.17, 15) is 0 Å². The van der Waals surface area contributed by atoms with Gasteiger partial charge in [0.1, 0.15) is 12.4 Å². The third kappa shape index (κ3) is 5.33. The van der Waals surface area contributed by atoms with E-state index in [-0.39, 0.29) is 51.4 Å². The standard InChI is InChI=1S/C30H22NO.K/c1-2-9-26-21-31(27-12-7-4-8-13-27)30-19-16-25(20-29(26)30)24-14-17-28(18-15-24)32-22-23-10-5-3-6-11-23;/h3,5-8,10-21H,22H2,1H3;/q-1;+1. The molecule has 0 saturated heterocycles. The summed E-state index contributed by atoms with van der Waals surface area (Å²) in [5, 5.41) is 1.15. The Kier molecular flexibility index (Phi) is 7.87. The largest absolute Gasteiger partial charge is 1.00 e. The minimum absolute atomic E-state index is 0. The van der Waals surface area contributed by atoms with E-state index in [1.165, 1.54) is 0 Å². The van der Waals surface area contributed by atoms with Crippen molar-refractivity contribution >= 4 is 10.9 Å². The second kappa shape index (κ2) is 11.0. The first-order chi connectivity index (χ1) is 15.8. The molecule has 0 unspecified atom stereocenters. The van der Waals surface area contributed by atoms with Crippen molar-refractivity contribution in [3.63, 3.8) is 0 Å². The van der Waals surface area contributed by atoms with E-state index < -0.39 is 0 Å². The van der Waals surface area contributed by atoms with Crippen molar-refractivity contribution in [2.45, 2.75) is 13.5 Å². The van der Waals surface area contributed by atoms with E-state index in [0.717, 1.165) is 44.6 Å². The van der Waals surface area contributed by atoms with Crippen LogP contribution >= 0.6 is 0 Å². The zero-order chi connectivity index (χ0) is 21.8. The molecule has 0 aliphatic carbocycles. The average Bonchev–Trinajstić information content (AvgIpc) is 3.22. The second-order valence-corrected chi connectivity index (χ2v) is 7.58. The van der Waals surface area contributed by atoms with E-state index in [0.29, 0.717) is 6.61 Å². The summed E-state index contributed by atoms with van der Waals surface area (Å²) in [5.74, 6) is 7.18. The molecule has 0 amide bonds. The summed E-state index contributed by atoms with van der Waals surface area (Å²) in [6.07, 6.45) is 2.11. The van der Waals surface area contributed by atoms with Crippen molar-refractivity contribution in [3.05, 3.63) is 120 Å². The Morgan fingerprint density at radius 3 is 2.30 bits per heavy atom. The number of fused-ring (bicyclic) bond motifs is 1. The van der Waals surface area contributed by atoms with Gasteiger partial charge in [-0.25, -0.2) is 0 Å². The smallest absolute Gasteiger partial charge is 0.489 e. The van der Waals surface area contributed by atoms with Gasteiger partial charge in [-0.1, -0.05) is 60.1 Å². The maximum atomic E-state index is 5.93. The van der Waals surface area contributed by atoms with Crippen LogP contribution in [0.1, 0.15) is 18.1 Å². The van der Waals surface area contributed by atoms with Crippen LogP contribution in [0.2, 0.25) is 0 Å². The predicted molar refractivity (Wildman–Crippen MR) is 131 cm³/mol. The number of ether oxygens (including phenoxy) is 1. The van der Waals surface area contributed by atoms with Gasteiger partial charge in [-0.15, -0.1) is 18.1 Å². The monoisotopic (exact) mass is 451 g/mol. The number of hydrogen-bond donors (Lipinski definition) is 0. The van der Waals surface area contributed by atoms with Gasteiger partial charge in [0.05, 0.1) is 11.1 Å². The van der Waals surface area contributed by atoms with Crippen LogP contribution in [-0.2, 0) is 6.61 Å². The van der Waals surface area contributed by atoms with Gasteiger partial charge in [0.25, 0.3) is 0 Å². The molecule has 3 heteroatoms. The molecular formula is C30H22KNO. The van der Waals surface area contributed by atoms with Crippen molar-refractivity contribution < 1.29 is 56.1 Å². The van der Waals surface area contributed by atoms with Gasteiger partial charge in [0, 0.05) is 11.6 Å². The van der Waals surface area contributed by atoms with Crippen LogP contribution in [0.4, 0.5) is 0 Å². The first-order valence-electron chi connectivity index (χ1n) is 10.6. The Balaban J connectivity index is 0.00000259. The van der Waals surface area contributed by atoms with Crippen LogP contribution in [0, 0.1) is 17.9 Å². The Morgan fingerprint density at radius 1 is 0.848 bits per heavy atom. The summed E-state index contributed by atoms with van der Waals surface area (Å²) in [6, 6.07) is 36.1. The molecule has 0 aliphatic rings. The van der Waals surface area contributed by atoms with Crippen molar-refractivity contribution in [2.75, 3.05) is 0 Å². The summed E-state index contributed by atoms with van der Waals surface area (Å²) < 4.78 is 8.12. The molecule has 1 heterocycles. The zero-order valence-corrected chi connectivity index (χ0v) is 22.0. The number of benzene rings is 4. The van der Waals surface area contributed by atoms with E-state index in [1.54, 1.807) is 0 Å². The topological polar surface area (TPSA) is 14.2 Å². The van der Waals surface area contributed by atoms with Gasteiger partial charge in [-0.2, -0.15) is 18.2 Å². The number of aromatic nitrogens is 1. The molecule has 0 atom stereocenters. The minimum Gasteiger partial charge on any atom is -0.489 e. The molecule has 0 radical (unpaired) electrons. The number of nitrogens with zero attached hydrogens (tertiary/aromatic N) is 1. The molecule has 33 heavy (non-hydrogen) atoms. The Bertz CT molecular complexity index is 1410. The first kappa shape index (κ1) is 23.6. The van der Waals surface area contributed by atoms with Gasteiger partial charge in [0.2, 0.25) is 0 Å². The van der Waals surface area contributed by atoms with Gasteiger partial charge >= 0.3 is 51.4 Å². The van der Waals surface area contributed by atoms with Gasteiger partial charge in [-0.05, 0) is 47.9 Å². The number of hydrogen-bond acceptors (Lipinski definition) is 1. The van der Waals surface area contributed by atoms with Gasteiger partial charge in [0.15, 0.2) is 0 Å². The minimum atomic E-state index is 0. The van der Waals surface area contributed by atoms with Gasteiger partial charge < -0.3 is 9.30 Å². The quantitative estimate of drug-likeness (QED) is 0.223. The third-order valence-corrected chi connectivity index (χ3v) is 5.48. The molecule has 2 nitrogen and oxygen atoms in total. The van der Waals surface area contributed by atoms with Crippen LogP contribution in [-0.4, -0.2) is 4.57 Å². The van der Waals surface area contributed by atoms with Crippen LogP contribution in [0.5, 0.6) is 5.75 Å². The van der Waals surface area contributed by atoms with E-state index in [2.05, 4.69) is 83.3 Å². The van der Waals surface area contributed by atoms with E-state index in [4.69, 9.17) is 4.74 Å². The van der Waals surface area contributed by atoms with Gasteiger partial charge in [-0.3, -0.25) is 0 Å². The molecule has 5 rings (SSSR count). The molecule has 0 saturated carbocycles. The second-order valence-electron chi connectivity index (χ2n) is 7.58.